The van der Waals surface area contributed by atoms with Crippen molar-refractivity contribution in [2.45, 2.75) is 12.2 Å². The summed E-state index contributed by atoms with van der Waals surface area (Å²) in [6.07, 6.45) is 0. The summed E-state index contributed by atoms with van der Waals surface area (Å²) >= 11 is 1.28. The number of thioether (sulfide) groups is 1. The third-order valence-electron chi connectivity index (χ3n) is 3.22. The number of anilines is 1. The number of nitrogens with zero attached hydrogens (tertiary/aromatic N) is 1. The maximum absolute atomic E-state index is 13.1. The molecule has 0 aliphatic carbocycles. The van der Waals surface area contributed by atoms with E-state index in [2.05, 4.69) is 5.32 Å². The Morgan fingerprint density at radius 3 is 2.67 bits per heavy atom. The minimum atomic E-state index is -1.04. The number of non-ortho nitro benzene ring substituents is 1. The summed E-state index contributed by atoms with van der Waals surface area (Å²) in [6.45, 7) is 1.83. The molecule has 0 saturated heterocycles. The maximum Gasteiger partial charge on any atom is 0.269 e. The van der Waals surface area contributed by atoms with Crippen molar-refractivity contribution in [2.75, 3.05) is 11.1 Å². The van der Waals surface area contributed by atoms with Crippen molar-refractivity contribution in [3.8, 4) is 0 Å². The topological polar surface area (TPSA) is 72.2 Å². The van der Waals surface area contributed by atoms with Crippen LogP contribution in [0, 0.1) is 21.7 Å². The Kier molecular flexibility index (Phi) is 5.86. The highest BCUT2D eigenvalue weighted by molar-refractivity contribution is 8.00. The third kappa shape index (κ3) is 4.76. The molecule has 0 aliphatic rings. The van der Waals surface area contributed by atoms with Crippen LogP contribution in [0.4, 0.5) is 20.2 Å². The number of rotatable bonds is 6. The van der Waals surface area contributed by atoms with Gasteiger partial charge in [0.25, 0.3) is 5.69 Å². The number of nitrogens with one attached hydrogen (secondary N) is 1. The van der Waals surface area contributed by atoms with Crippen LogP contribution in [-0.4, -0.2) is 16.6 Å². The van der Waals surface area contributed by atoms with Crippen LogP contribution in [0.25, 0.3) is 0 Å². The summed E-state index contributed by atoms with van der Waals surface area (Å²) in [5.41, 5.74) is 0.892. The summed E-state index contributed by atoms with van der Waals surface area (Å²) < 4.78 is 25.9. The highest BCUT2D eigenvalue weighted by atomic mass is 32.2. The van der Waals surface area contributed by atoms with Gasteiger partial charge in [0.2, 0.25) is 5.91 Å². The van der Waals surface area contributed by atoms with Gasteiger partial charge in [-0.2, -0.15) is 0 Å². The smallest absolute Gasteiger partial charge is 0.269 e. The van der Waals surface area contributed by atoms with E-state index in [1.54, 1.807) is 12.1 Å². The fraction of sp³-hybridized carbons (Fsp3) is 0.188. The summed E-state index contributed by atoms with van der Waals surface area (Å²) in [6, 6.07) is 9.31. The van der Waals surface area contributed by atoms with Crippen molar-refractivity contribution in [1.82, 2.24) is 0 Å². The van der Waals surface area contributed by atoms with Crippen molar-refractivity contribution in [3.05, 3.63) is 69.8 Å². The van der Waals surface area contributed by atoms with Crippen LogP contribution in [0.1, 0.15) is 17.7 Å². The van der Waals surface area contributed by atoms with E-state index >= 15 is 0 Å². The van der Waals surface area contributed by atoms with E-state index in [0.29, 0.717) is 0 Å². The number of nitro groups is 1. The molecule has 2 rings (SSSR count). The summed E-state index contributed by atoms with van der Waals surface area (Å²) in [5, 5.41) is 13.1. The number of benzene rings is 2. The minimum Gasteiger partial charge on any atom is -0.325 e. The fourth-order valence-corrected chi connectivity index (χ4v) is 2.77. The number of carbonyl (C=O) groups is 1. The molecule has 1 atom stereocenters. The Morgan fingerprint density at radius 2 is 2.00 bits per heavy atom. The molecule has 0 radical (unpaired) electrons. The Bertz CT molecular complexity index is 771. The Morgan fingerprint density at radius 1 is 1.25 bits per heavy atom. The molecule has 0 unspecified atom stereocenters. The van der Waals surface area contributed by atoms with Gasteiger partial charge >= 0.3 is 0 Å². The molecule has 0 bridgehead atoms. The first-order valence-corrected chi connectivity index (χ1v) is 8.02. The molecule has 0 fully saturated rings. The molecular formula is C16H14F2N2O3S. The third-order valence-corrected chi connectivity index (χ3v) is 4.42. The number of hydrogen-bond donors (Lipinski definition) is 1. The summed E-state index contributed by atoms with van der Waals surface area (Å²) in [7, 11) is 0. The van der Waals surface area contributed by atoms with Crippen LogP contribution in [0.2, 0.25) is 0 Å². The highest BCUT2D eigenvalue weighted by Crippen LogP contribution is 2.30. The van der Waals surface area contributed by atoms with Gasteiger partial charge < -0.3 is 5.32 Å². The van der Waals surface area contributed by atoms with Crippen LogP contribution in [0.5, 0.6) is 0 Å². The standard InChI is InChI=1S/C16H14F2N2O3S/c1-10(11-3-2-4-13(7-11)20(22)23)24-9-16(21)19-12-5-6-14(17)15(18)8-12/h2-8,10H,9H2,1H3,(H,19,21)/t10-/m0/s1. The van der Waals surface area contributed by atoms with Crippen LogP contribution in [0.3, 0.4) is 0 Å². The first-order valence-electron chi connectivity index (χ1n) is 6.97. The number of carbonyl (C=O) groups excluding carboxylic acids is 1. The molecule has 0 saturated carbocycles. The van der Waals surface area contributed by atoms with Crippen molar-refractivity contribution in [1.29, 1.82) is 0 Å². The predicted octanol–water partition coefficient (Wildman–Crippen LogP) is 4.31. The van der Waals surface area contributed by atoms with Gasteiger partial charge in [0.05, 0.1) is 10.7 Å². The van der Waals surface area contributed by atoms with Crippen molar-refractivity contribution in [3.63, 3.8) is 0 Å². The SMILES string of the molecule is C[C@H](SCC(=O)Nc1ccc(F)c(F)c1)c1cccc([N+](=O)[O-])c1. The van der Waals surface area contributed by atoms with E-state index in [1.807, 2.05) is 6.92 Å². The zero-order valence-electron chi connectivity index (χ0n) is 12.7. The molecule has 0 aromatic heterocycles. The summed E-state index contributed by atoms with van der Waals surface area (Å²) in [4.78, 5) is 22.2. The molecule has 1 amide bonds. The second kappa shape index (κ2) is 7.87. The van der Waals surface area contributed by atoms with Gasteiger partial charge in [-0.1, -0.05) is 12.1 Å². The monoisotopic (exact) mass is 352 g/mol. The molecule has 5 nitrogen and oxygen atoms in total. The van der Waals surface area contributed by atoms with Gasteiger partial charge in [0.15, 0.2) is 11.6 Å². The number of nitro benzene ring substituents is 1. The van der Waals surface area contributed by atoms with Crippen LogP contribution in [-0.2, 0) is 4.79 Å². The second-order valence-electron chi connectivity index (χ2n) is 4.98. The predicted molar refractivity (Wildman–Crippen MR) is 89.0 cm³/mol. The molecule has 2 aromatic rings. The average Bonchev–Trinajstić information content (AvgIpc) is 2.56. The van der Waals surface area contributed by atoms with Crippen LogP contribution in [0.15, 0.2) is 42.5 Å². The lowest BCUT2D eigenvalue weighted by atomic mass is 10.1. The maximum atomic E-state index is 13.1. The molecule has 126 valence electrons. The van der Waals surface area contributed by atoms with Gasteiger partial charge in [-0.3, -0.25) is 14.9 Å². The zero-order chi connectivity index (χ0) is 17.7. The number of hydrogen-bond acceptors (Lipinski definition) is 4. The van der Waals surface area contributed by atoms with E-state index in [4.69, 9.17) is 0 Å². The van der Waals surface area contributed by atoms with Crippen LogP contribution >= 0.6 is 11.8 Å². The Balaban J connectivity index is 1.92. The lowest BCUT2D eigenvalue weighted by molar-refractivity contribution is -0.384. The highest BCUT2D eigenvalue weighted by Gasteiger charge is 2.13. The molecular weight excluding hydrogens is 338 g/mol. The molecule has 24 heavy (non-hydrogen) atoms. The van der Waals surface area contributed by atoms with E-state index in [9.17, 15) is 23.7 Å². The number of amides is 1. The Hall–Kier alpha value is -2.48. The second-order valence-corrected chi connectivity index (χ2v) is 6.31. The van der Waals surface area contributed by atoms with Crippen LogP contribution < -0.4 is 5.32 Å². The normalized spacial score (nSPS) is 11.8. The lowest BCUT2D eigenvalue weighted by Crippen LogP contribution is -2.15. The van der Waals surface area contributed by atoms with Gasteiger partial charge in [0.1, 0.15) is 0 Å². The average molecular weight is 352 g/mol. The largest absolute Gasteiger partial charge is 0.325 e. The molecule has 8 heteroatoms. The molecule has 0 spiro atoms. The van der Waals surface area contributed by atoms with Gasteiger partial charge in [0, 0.05) is 29.1 Å². The van der Waals surface area contributed by atoms with Crippen molar-refractivity contribution >= 4 is 29.0 Å². The van der Waals surface area contributed by atoms with E-state index in [-0.39, 0.29) is 28.3 Å². The molecule has 1 N–H and O–H groups in total. The van der Waals surface area contributed by atoms with Gasteiger partial charge in [-0.05, 0) is 24.6 Å². The van der Waals surface area contributed by atoms with E-state index < -0.39 is 16.6 Å². The van der Waals surface area contributed by atoms with Gasteiger partial charge in [-0.15, -0.1) is 11.8 Å². The molecule has 0 aliphatic heterocycles. The number of halogens is 2. The quantitative estimate of drug-likeness (QED) is 0.621. The van der Waals surface area contributed by atoms with Crippen molar-refractivity contribution in [2.24, 2.45) is 0 Å². The van der Waals surface area contributed by atoms with Gasteiger partial charge in [-0.25, -0.2) is 8.78 Å². The first-order chi connectivity index (χ1) is 11.4. The summed E-state index contributed by atoms with van der Waals surface area (Å²) in [5.74, 6) is -2.32. The fourth-order valence-electron chi connectivity index (χ4n) is 1.96. The van der Waals surface area contributed by atoms with Crippen molar-refractivity contribution < 1.29 is 18.5 Å². The zero-order valence-corrected chi connectivity index (χ0v) is 13.5. The molecule has 2 aromatic carbocycles. The minimum absolute atomic E-state index is 0.00816. The molecule has 0 heterocycles. The lowest BCUT2D eigenvalue weighted by Gasteiger charge is -2.11. The van der Waals surface area contributed by atoms with E-state index in [0.717, 1.165) is 17.7 Å². The Labute approximate surface area is 141 Å². The van der Waals surface area contributed by atoms with E-state index in [1.165, 1.54) is 30.0 Å². The first kappa shape index (κ1) is 17.9.